The summed E-state index contributed by atoms with van der Waals surface area (Å²) in [5.74, 6) is 0. The summed E-state index contributed by atoms with van der Waals surface area (Å²) in [7, 11) is 0. The van der Waals surface area contributed by atoms with Gasteiger partial charge in [0.05, 0.1) is 0 Å². The molecule has 262 valence electrons. The molecule has 1 aromatic heterocycles. The zero-order valence-electron chi connectivity index (χ0n) is 31.2. The second-order valence-electron chi connectivity index (χ2n) is 16.0. The van der Waals surface area contributed by atoms with E-state index in [0.29, 0.717) is 0 Å². The molecule has 0 N–H and O–H groups in total. The molecule has 56 heavy (non-hydrogen) atoms. The van der Waals surface area contributed by atoms with Crippen LogP contribution in [0.25, 0.3) is 108 Å². The van der Waals surface area contributed by atoms with E-state index in [4.69, 9.17) is 0 Å². The standard InChI is InChI=1S/C55H36S/c1-55(2)49-30-36(39-22-12-24-47-48-29-34-14-3-4-15-35(34)32-51(48)56-54(39)47)25-27-40(49)41-28-26-37(31-50(41)55)52-43-18-7-9-20-45(43)53(46-21-10-8-19-44(46)52)42-23-11-16-33-13-5-6-17-38(33)42/h3-32H,1-2H3. The van der Waals surface area contributed by atoms with E-state index >= 15 is 0 Å². The van der Waals surface area contributed by atoms with E-state index in [9.17, 15) is 0 Å². The molecule has 1 heteroatoms. The summed E-state index contributed by atoms with van der Waals surface area (Å²) in [5.41, 5.74) is 13.1. The van der Waals surface area contributed by atoms with E-state index in [2.05, 4.69) is 196 Å². The smallest absolute Gasteiger partial charge is 0.0433 e. The van der Waals surface area contributed by atoms with Crippen molar-refractivity contribution in [3.63, 3.8) is 0 Å². The highest BCUT2D eigenvalue weighted by Crippen LogP contribution is 2.53. The molecule has 0 amide bonds. The minimum absolute atomic E-state index is 0.170. The van der Waals surface area contributed by atoms with Crippen LogP contribution in [0.15, 0.2) is 182 Å². The van der Waals surface area contributed by atoms with E-state index < -0.39 is 0 Å². The molecule has 0 unspecified atom stereocenters. The summed E-state index contributed by atoms with van der Waals surface area (Å²) in [4.78, 5) is 0. The van der Waals surface area contributed by atoms with Gasteiger partial charge >= 0.3 is 0 Å². The Morgan fingerprint density at radius 2 is 0.839 bits per heavy atom. The quantitative estimate of drug-likeness (QED) is 0.159. The first-order valence-corrected chi connectivity index (χ1v) is 20.4. The maximum atomic E-state index is 2.50. The molecule has 11 aromatic rings. The Bertz CT molecular complexity index is 3390. The molecule has 0 fully saturated rings. The van der Waals surface area contributed by atoms with Crippen LogP contribution >= 0.6 is 11.3 Å². The molecule has 0 spiro atoms. The number of rotatable bonds is 3. The Hall–Kier alpha value is -6.54. The lowest BCUT2D eigenvalue weighted by molar-refractivity contribution is 0.661. The van der Waals surface area contributed by atoms with Gasteiger partial charge in [0.25, 0.3) is 0 Å². The minimum Gasteiger partial charge on any atom is -0.135 e. The molecule has 0 bridgehead atoms. The fourth-order valence-electron chi connectivity index (χ4n) is 9.94. The summed E-state index contributed by atoms with van der Waals surface area (Å²) in [6, 6.07) is 68.3. The monoisotopic (exact) mass is 728 g/mol. The molecule has 0 aliphatic heterocycles. The summed E-state index contributed by atoms with van der Waals surface area (Å²) >= 11 is 1.92. The molecule has 0 radical (unpaired) electrons. The third kappa shape index (κ3) is 4.47. The van der Waals surface area contributed by atoms with Crippen molar-refractivity contribution >= 4 is 74.6 Å². The lowest BCUT2D eigenvalue weighted by atomic mass is 9.80. The average Bonchev–Trinajstić information content (AvgIpc) is 3.72. The van der Waals surface area contributed by atoms with Crippen LogP contribution in [0.2, 0.25) is 0 Å². The molecular formula is C55H36S. The van der Waals surface area contributed by atoms with E-state index in [1.54, 1.807) is 0 Å². The summed E-state index contributed by atoms with van der Waals surface area (Å²) in [6.07, 6.45) is 0. The molecule has 12 rings (SSSR count). The van der Waals surface area contributed by atoms with Crippen LogP contribution < -0.4 is 0 Å². The van der Waals surface area contributed by atoms with Gasteiger partial charge in [0, 0.05) is 25.6 Å². The summed E-state index contributed by atoms with van der Waals surface area (Å²) in [6.45, 7) is 4.83. The van der Waals surface area contributed by atoms with E-state index in [1.165, 1.54) is 119 Å². The maximum Gasteiger partial charge on any atom is 0.0433 e. The first-order valence-electron chi connectivity index (χ1n) is 19.6. The molecule has 1 aliphatic rings. The Morgan fingerprint density at radius 1 is 0.339 bits per heavy atom. The lowest BCUT2D eigenvalue weighted by Crippen LogP contribution is -2.15. The first-order chi connectivity index (χ1) is 27.5. The van der Waals surface area contributed by atoms with E-state index in [1.807, 2.05) is 11.3 Å². The van der Waals surface area contributed by atoms with Crippen LogP contribution in [-0.2, 0) is 5.41 Å². The van der Waals surface area contributed by atoms with Crippen LogP contribution in [0.3, 0.4) is 0 Å². The molecule has 0 atom stereocenters. The number of benzene rings is 10. The third-order valence-electron chi connectivity index (χ3n) is 12.6. The highest BCUT2D eigenvalue weighted by molar-refractivity contribution is 7.26. The summed E-state index contributed by atoms with van der Waals surface area (Å²) < 4.78 is 2.71. The SMILES string of the molecule is CC1(C)c2cc(-c3c4ccccc4c(-c4cccc5ccccc45)c4ccccc34)ccc2-c2ccc(-c3cccc4c3sc3cc5ccccc5cc34)cc21. The second-order valence-corrected chi connectivity index (χ2v) is 17.0. The first kappa shape index (κ1) is 31.8. The van der Waals surface area contributed by atoms with Crippen LogP contribution in [0, 0.1) is 0 Å². The number of hydrogen-bond donors (Lipinski definition) is 0. The van der Waals surface area contributed by atoms with E-state index in [-0.39, 0.29) is 5.41 Å². The predicted molar refractivity (Wildman–Crippen MR) is 243 cm³/mol. The predicted octanol–water partition coefficient (Wildman–Crippen LogP) is 16.0. The minimum atomic E-state index is -0.170. The van der Waals surface area contributed by atoms with Crippen molar-refractivity contribution in [1.29, 1.82) is 0 Å². The zero-order chi connectivity index (χ0) is 37.1. The van der Waals surface area contributed by atoms with Gasteiger partial charge in [0.15, 0.2) is 0 Å². The van der Waals surface area contributed by atoms with Gasteiger partial charge in [-0.25, -0.2) is 0 Å². The Labute approximate surface area is 329 Å². The van der Waals surface area contributed by atoms with Crippen molar-refractivity contribution in [1.82, 2.24) is 0 Å². The molecule has 0 saturated heterocycles. The largest absolute Gasteiger partial charge is 0.135 e. The van der Waals surface area contributed by atoms with Crippen molar-refractivity contribution < 1.29 is 0 Å². The number of hydrogen-bond acceptors (Lipinski definition) is 1. The zero-order valence-corrected chi connectivity index (χ0v) is 32.0. The van der Waals surface area contributed by atoms with Crippen LogP contribution in [0.1, 0.15) is 25.0 Å². The van der Waals surface area contributed by atoms with Crippen LogP contribution in [0.4, 0.5) is 0 Å². The van der Waals surface area contributed by atoms with Gasteiger partial charge < -0.3 is 0 Å². The third-order valence-corrected chi connectivity index (χ3v) is 13.8. The Kier molecular flexibility index (Phi) is 6.66. The van der Waals surface area contributed by atoms with Crippen molar-refractivity contribution in [3.8, 4) is 44.5 Å². The fourth-order valence-corrected chi connectivity index (χ4v) is 11.2. The second kappa shape index (κ2) is 11.7. The van der Waals surface area contributed by atoms with Crippen molar-refractivity contribution in [2.45, 2.75) is 19.3 Å². The molecule has 10 aromatic carbocycles. The highest BCUT2D eigenvalue weighted by atomic mass is 32.1. The van der Waals surface area contributed by atoms with Gasteiger partial charge in [0.2, 0.25) is 0 Å². The lowest BCUT2D eigenvalue weighted by Gasteiger charge is -2.23. The van der Waals surface area contributed by atoms with Gasteiger partial charge in [-0.15, -0.1) is 11.3 Å². The van der Waals surface area contributed by atoms with Crippen molar-refractivity contribution in [2.75, 3.05) is 0 Å². The van der Waals surface area contributed by atoms with Gasteiger partial charge in [0.1, 0.15) is 0 Å². The molecule has 1 heterocycles. The maximum absolute atomic E-state index is 2.50. The van der Waals surface area contributed by atoms with Crippen molar-refractivity contribution in [3.05, 3.63) is 193 Å². The van der Waals surface area contributed by atoms with Crippen LogP contribution in [-0.4, -0.2) is 0 Å². The number of fused-ring (bicyclic) bond motifs is 10. The molecular weight excluding hydrogens is 693 g/mol. The topological polar surface area (TPSA) is 0 Å². The Balaban J connectivity index is 1.02. The van der Waals surface area contributed by atoms with E-state index in [0.717, 1.165) is 0 Å². The normalized spacial score (nSPS) is 13.3. The number of thiophene rings is 1. The molecule has 0 nitrogen and oxygen atoms in total. The highest BCUT2D eigenvalue weighted by Gasteiger charge is 2.36. The Morgan fingerprint density at radius 3 is 1.54 bits per heavy atom. The van der Waals surface area contributed by atoms with Crippen LogP contribution in [0.5, 0.6) is 0 Å². The summed E-state index contributed by atoms with van der Waals surface area (Å²) in [5, 5.41) is 13.0. The molecule has 1 aliphatic carbocycles. The fraction of sp³-hybridized carbons (Fsp3) is 0.0545. The van der Waals surface area contributed by atoms with Gasteiger partial charge in [-0.1, -0.05) is 172 Å². The molecule has 0 saturated carbocycles. The van der Waals surface area contributed by atoms with Gasteiger partial charge in [-0.05, 0) is 123 Å². The van der Waals surface area contributed by atoms with Gasteiger partial charge in [-0.2, -0.15) is 0 Å². The average molecular weight is 729 g/mol. The van der Waals surface area contributed by atoms with Gasteiger partial charge in [-0.3, -0.25) is 0 Å². The van der Waals surface area contributed by atoms with Crippen molar-refractivity contribution in [2.24, 2.45) is 0 Å².